The number of benzene rings is 2. The van der Waals surface area contributed by atoms with Crippen LogP contribution in [0.1, 0.15) is 20.7 Å². The zero-order valence-electron chi connectivity index (χ0n) is 16.8. The molecule has 0 saturated carbocycles. The SMILES string of the molecule is O=C1c2ccccc2C(=O)N1CCN1CCN(c2nssc2=Nc2ccccc2)CC1. The lowest BCUT2D eigenvalue weighted by molar-refractivity contribution is 0.0635. The molecule has 9 heteroatoms. The lowest BCUT2D eigenvalue weighted by atomic mass is 10.1. The molecule has 5 rings (SSSR count). The molecule has 3 heterocycles. The Bertz CT molecular complexity index is 1130. The summed E-state index contributed by atoms with van der Waals surface area (Å²) in [5.74, 6) is 0.574. The van der Waals surface area contributed by atoms with Crippen molar-refractivity contribution in [1.82, 2.24) is 14.2 Å². The van der Waals surface area contributed by atoms with Crippen molar-refractivity contribution in [3.05, 3.63) is 70.4 Å². The first-order valence-electron chi connectivity index (χ1n) is 10.2. The van der Waals surface area contributed by atoms with Crippen molar-refractivity contribution in [2.24, 2.45) is 4.99 Å². The molecule has 2 aliphatic rings. The van der Waals surface area contributed by atoms with E-state index in [2.05, 4.69) is 14.2 Å². The van der Waals surface area contributed by atoms with Crippen molar-refractivity contribution in [3.63, 3.8) is 0 Å². The predicted molar refractivity (Wildman–Crippen MR) is 122 cm³/mol. The third-order valence-electron chi connectivity index (χ3n) is 5.61. The average Bonchev–Trinajstić information content (AvgIpc) is 3.36. The number of piperazine rings is 1. The largest absolute Gasteiger partial charge is 0.351 e. The summed E-state index contributed by atoms with van der Waals surface area (Å²) in [6.45, 7) is 4.50. The van der Waals surface area contributed by atoms with Gasteiger partial charge in [-0.25, -0.2) is 4.99 Å². The van der Waals surface area contributed by atoms with E-state index >= 15 is 0 Å². The van der Waals surface area contributed by atoms with Crippen LogP contribution in [0.2, 0.25) is 0 Å². The second kappa shape index (κ2) is 8.70. The molecule has 2 amide bonds. The number of amides is 2. The van der Waals surface area contributed by atoms with Gasteiger partial charge in [0, 0.05) is 49.8 Å². The molecule has 0 spiro atoms. The highest BCUT2D eigenvalue weighted by atomic mass is 32.9. The Kier molecular flexibility index (Phi) is 5.63. The molecule has 0 unspecified atom stereocenters. The standard InChI is InChI=1S/C22H21N5O2S2/c28-21-17-8-4-5-9-18(17)22(29)27(21)15-12-25-10-13-26(14-11-25)19-20(30-31-24-19)23-16-6-2-1-3-7-16/h1-9H,10-15H2. The van der Waals surface area contributed by atoms with Gasteiger partial charge in [0.2, 0.25) is 0 Å². The Balaban J connectivity index is 1.19. The molecule has 7 nitrogen and oxygen atoms in total. The van der Waals surface area contributed by atoms with Gasteiger partial charge < -0.3 is 4.90 Å². The molecular weight excluding hydrogens is 430 g/mol. The van der Waals surface area contributed by atoms with Crippen molar-refractivity contribution in [3.8, 4) is 0 Å². The summed E-state index contributed by atoms with van der Waals surface area (Å²) in [5, 5.41) is 0. The molecule has 31 heavy (non-hydrogen) atoms. The Hall–Kier alpha value is -2.88. The van der Waals surface area contributed by atoms with Gasteiger partial charge in [0.1, 0.15) is 0 Å². The van der Waals surface area contributed by atoms with E-state index in [1.54, 1.807) is 34.6 Å². The van der Waals surface area contributed by atoms with Gasteiger partial charge in [0.05, 0.1) is 16.8 Å². The minimum Gasteiger partial charge on any atom is -0.351 e. The van der Waals surface area contributed by atoms with Gasteiger partial charge in [0.25, 0.3) is 11.8 Å². The minimum atomic E-state index is -0.185. The molecule has 1 saturated heterocycles. The Morgan fingerprint density at radius 1 is 0.839 bits per heavy atom. The zero-order valence-corrected chi connectivity index (χ0v) is 18.4. The minimum absolute atomic E-state index is 0.185. The summed E-state index contributed by atoms with van der Waals surface area (Å²) < 4.78 is 5.53. The number of imide groups is 1. The van der Waals surface area contributed by atoms with E-state index in [1.165, 1.54) is 15.4 Å². The number of aromatic nitrogens is 1. The molecule has 1 fully saturated rings. The molecule has 158 valence electrons. The van der Waals surface area contributed by atoms with Crippen molar-refractivity contribution < 1.29 is 9.59 Å². The molecular formula is C22H21N5O2S2. The smallest absolute Gasteiger partial charge is 0.261 e. The number of hydrogen-bond donors (Lipinski definition) is 0. The van der Waals surface area contributed by atoms with Crippen LogP contribution >= 0.6 is 20.9 Å². The van der Waals surface area contributed by atoms with Crippen LogP contribution in [0.4, 0.5) is 11.5 Å². The van der Waals surface area contributed by atoms with Gasteiger partial charge in [-0.2, -0.15) is 4.37 Å². The number of anilines is 1. The molecule has 0 atom stereocenters. The highest BCUT2D eigenvalue weighted by Crippen LogP contribution is 2.22. The first-order chi connectivity index (χ1) is 15.2. The summed E-state index contributed by atoms with van der Waals surface area (Å²) in [4.78, 5) is 35.8. The molecule has 0 aliphatic carbocycles. The third kappa shape index (κ3) is 4.04. The highest BCUT2D eigenvalue weighted by molar-refractivity contribution is 7.66. The fourth-order valence-corrected chi connectivity index (χ4v) is 5.61. The lowest BCUT2D eigenvalue weighted by Crippen LogP contribution is -2.49. The van der Waals surface area contributed by atoms with Crippen molar-refractivity contribution in [2.45, 2.75) is 0 Å². The number of fused-ring (bicyclic) bond motifs is 1. The molecule has 3 aromatic rings. The molecule has 1 aromatic heterocycles. The maximum Gasteiger partial charge on any atom is 0.261 e. The summed E-state index contributed by atoms with van der Waals surface area (Å²) >= 11 is 0. The van der Waals surface area contributed by atoms with Crippen LogP contribution in [0, 0.1) is 0 Å². The molecule has 2 aromatic carbocycles. The maximum atomic E-state index is 12.5. The number of rotatable bonds is 5. The summed E-state index contributed by atoms with van der Waals surface area (Å²) in [6, 6.07) is 17.0. The van der Waals surface area contributed by atoms with Crippen LogP contribution in [-0.4, -0.2) is 65.3 Å². The topological polar surface area (TPSA) is 69.1 Å². The van der Waals surface area contributed by atoms with Crippen molar-refractivity contribution >= 4 is 44.2 Å². The van der Waals surface area contributed by atoms with Crippen LogP contribution in [0.5, 0.6) is 0 Å². The first kappa shape index (κ1) is 20.0. The van der Waals surface area contributed by atoms with Gasteiger partial charge in [-0.1, -0.05) is 30.3 Å². The molecule has 0 bridgehead atoms. The highest BCUT2D eigenvalue weighted by Gasteiger charge is 2.35. The van der Waals surface area contributed by atoms with E-state index in [9.17, 15) is 9.59 Å². The monoisotopic (exact) mass is 451 g/mol. The average molecular weight is 452 g/mol. The predicted octanol–water partition coefficient (Wildman–Crippen LogP) is 2.86. The van der Waals surface area contributed by atoms with Crippen molar-refractivity contribution in [1.29, 1.82) is 0 Å². The quantitative estimate of drug-likeness (QED) is 0.441. The molecule has 2 aliphatic heterocycles. The normalized spacial score (nSPS) is 17.5. The van der Waals surface area contributed by atoms with Gasteiger partial charge in [-0.15, -0.1) is 0 Å². The lowest BCUT2D eigenvalue weighted by Gasteiger charge is -2.35. The van der Waals surface area contributed by atoms with E-state index in [1.807, 2.05) is 30.3 Å². The maximum absolute atomic E-state index is 12.5. The van der Waals surface area contributed by atoms with E-state index in [0.717, 1.165) is 42.4 Å². The third-order valence-corrected chi connectivity index (χ3v) is 7.28. The Morgan fingerprint density at radius 2 is 1.48 bits per heavy atom. The Morgan fingerprint density at radius 3 is 2.16 bits per heavy atom. The summed E-state index contributed by atoms with van der Waals surface area (Å²) in [6.07, 6.45) is 0. The summed E-state index contributed by atoms with van der Waals surface area (Å²) in [5.41, 5.74) is 1.95. The number of carbonyl (C=O) groups excluding carboxylic acids is 2. The van der Waals surface area contributed by atoms with Crippen LogP contribution in [-0.2, 0) is 0 Å². The van der Waals surface area contributed by atoms with Crippen LogP contribution < -0.4 is 9.57 Å². The number of carbonyl (C=O) groups is 2. The summed E-state index contributed by atoms with van der Waals surface area (Å²) in [7, 11) is 3.05. The second-order valence-corrected chi connectivity index (χ2v) is 9.29. The number of nitrogens with zero attached hydrogens (tertiary/aromatic N) is 5. The number of hydrogen-bond acceptors (Lipinski definition) is 8. The van der Waals surface area contributed by atoms with Gasteiger partial charge in [-0.05, 0) is 34.6 Å². The number of para-hydroxylation sites is 1. The van der Waals surface area contributed by atoms with Crippen molar-refractivity contribution in [2.75, 3.05) is 44.2 Å². The van der Waals surface area contributed by atoms with E-state index in [-0.39, 0.29) is 11.8 Å². The zero-order chi connectivity index (χ0) is 21.2. The fourth-order valence-electron chi connectivity index (χ4n) is 3.91. The van der Waals surface area contributed by atoms with Gasteiger partial charge >= 0.3 is 0 Å². The van der Waals surface area contributed by atoms with E-state index in [4.69, 9.17) is 4.99 Å². The van der Waals surface area contributed by atoms with E-state index < -0.39 is 0 Å². The van der Waals surface area contributed by atoms with Crippen LogP contribution in [0.15, 0.2) is 59.6 Å². The van der Waals surface area contributed by atoms with Gasteiger partial charge in [-0.3, -0.25) is 19.4 Å². The Labute approximate surface area is 187 Å². The fraction of sp³-hybridized carbons (Fsp3) is 0.273. The molecule has 0 N–H and O–H groups in total. The van der Waals surface area contributed by atoms with Gasteiger partial charge in [0.15, 0.2) is 10.5 Å². The van der Waals surface area contributed by atoms with Crippen LogP contribution in [0.3, 0.4) is 0 Å². The first-order valence-corrected chi connectivity index (χ1v) is 12.3. The second-order valence-electron chi connectivity index (χ2n) is 7.46. The van der Waals surface area contributed by atoms with E-state index in [0.29, 0.717) is 24.2 Å². The van der Waals surface area contributed by atoms with Crippen LogP contribution in [0.25, 0.3) is 0 Å². The molecule has 0 radical (unpaired) electrons.